The quantitative estimate of drug-likeness (QED) is 0.493. The Balaban J connectivity index is 1.74. The second-order valence-corrected chi connectivity index (χ2v) is 6.88. The van der Waals surface area contributed by atoms with E-state index in [1.165, 1.54) is 0 Å². The molecule has 4 aromatic rings. The molecule has 1 N–H and O–H groups in total. The first-order valence-electron chi connectivity index (χ1n) is 9.73. The van der Waals surface area contributed by atoms with Crippen LogP contribution in [0.5, 0.6) is 17.2 Å². The molecule has 7 heteroatoms. The standard InChI is InChI=1S/C24H23N3O4/c1-29-20-12-17(13-21(30-2)22(20)31-3)18-11-19(23-25-9-10-27(23)15-18)24(28)26-14-16-7-5-4-6-8-16/h4-13,15H,14H2,1-3H3,(H,26,28). The van der Waals surface area contributed by atoms with Gasteiger partial charge in [-0.3, -0.25) is 4.79 Å². The molecule has 0 aliphatic heterocycles. The number of carbonyl (C=O) groups excluding carboxylic acids is 1. The van der Waals surface area contributed by atoms with Crippen LogP contribution in [-0.4, -0.2) is 36.6 Å². The minimum absolute atomic E-state index is 0.200. The van der Waals surface area contributed by atoms with Gasteiger partial charge in [0.15, 0.2) is 11.5 Å². The molecule has 31 heavy (non-hydrogen) atoms. The maximum absolute atomic E-state index is 13.0. The maximum atomic E-state index is 13.0. The molecule has 2 aromatic carbocycles. The molecule has 0 unspecified atom stereocenters. The summed E-state index contributed by atoms with van der Waals surface area (Å²) in [5.41, 5.74) is 3.72. The van der Waals surface area contributed by atoms with Crippen LogP contribution in [0, 0.1) is 0 Å². The average Bonchev–Trinajstić information content (AvgIpc) is 3.30. The molecule has 0 fully saturated rings. The number of fused-ring (bicyclic) bond motifs is 1. The van der Waals surface area contributed by atoms with E-state index in [0.29, 0.717) is 35.0 Å². The van der Waals surface area contributed by atoms with Crippen molar-refractivity contribution in [3.05, 3.63) is 78.2 Å². The largest absolute Gasteiger partial charge is 0.493 e. The molecule has 0 aliphatic rings. The van der Waals surface area contributed by atoms with Crippen molar-refractivity contribution in [2.75, 3.05) is 21.3 Å². The predicted molar refractivity (Wildman–Crippen MR) is 118 cm³/mol. The SMILES string of the molecule is COc1cc(-c2cc(C(=O)NCc3ccccc3)c3nccn3c2)cc(OC)c1OC. The number of pyridine rings is 1. The van der Waals surface area contributed by atoms with Crippen molar-refractivity contribution < 1.29 is 19.0 Å². The molecule has 158 valence electrons. The molecule has 0 saturated carbocycles. The summed E-state index contributed by atoms with van der Waals surface area (Å²) in [4.78, 5) is 17.4. The topological polar surface area (TPSA) is 74.1 Å². The molecule has 0 bridgehead atoms. The lowest BCUT2D eigenvalue weighted by Gasteiger charge is -2.15. The Morgan fingerprint density at radius 3 is 2.32 bits per heavy atom. The van der Waals surface area contributed by atoms with Crippen molar-refractivity contribution in [1.29, 1.82) is 0 Å². The number of rotatable bonds is 7. The van der Waals surface area contributed by atoms with E-state index >= 15 is 0 Å². The lowest BCUT2D eigenvalue weighted by atomic mass is 10.0. The van der Waals surface area contributed by atoms with Crippen LogP contribution < -0.4 is 19.5 Å². The van der Waals surface area contributed by atoms with E-state index in [4.69, 9.17) is 14.2 Å². The first-order chi connectivity index (χ1) is 15.1. The van der Waals surface area contributed by atoms with Gasteiger partial charge in [0.2, 0.25) is 5.75 Å². The van der Waals surface area contributed by atoms with Crippen LogP contribution in [0.15, 0.2) is 67.1 Å². The van der Waals surface area contributed by atoms with E-state index in [-0.39, 0.29) is 5.91 Å². The normalized spacial score (nSPS) is 10.7. The van der Waals surface area contributed by atoms with Gasteiger partial charge in [0.25, 0.3) is 5.91 Å². The molecule has 0 radical (unpaired) electrons. The van der Waals surface area contributed by atoms with Gasteiger partial charge in [0.1, 0.15) is 5.65 Å². The van der Waals surface area contributed by atoms with Gasteiger partial charge in [-0.25, -0.2) is 4.98 Å². The minimum Gasteiger partial charge on any atom is -0.493 e. The van der Waals surface area contributed by atoms with Crippen LogP contribution >= 0.6 is 0 Å². The van der Waals surface area contributed by atoms with E-state index in [1.54, 1.807) is 27.5 Å². The number of hydrogen-bond acceptors (Lipinski definition) is 5. The van der Waals surface area contributed by atoms with Crippen LogP contribution in [0.2, 0.25) is 0 Å². The molecule has 2 aromatic heterocycles. The number of nitrogens with one attached hydrogen (secondary N) is 1. The number of benzene rings is 2. The van der Waals surface area contributed by atoms with Gasteiger partial charge in [-0.05, 0) is 34.9 Å². The number of hydrogen-bond donors (Lipinski definition) is 1. The fourth-order valence-electron chi connectivity index (χ4n) is 3.48. The summed E-state index contributed by atoms with van der Waals surface area (Å²) in [5.74, 6) is 1.39. The van der Waals surface area contributed by atoms with Gasteiger partial charge >= 0.3 is 0 Å². The van der Waals surface area contributed by atoms with Crippen molar-refractivity contribution >= 4 is 11.6 Å². The van der Waals surface area contributed by atoms with Crippen LogP contribution in [0.25, 0.3) is 16.8 Å². The third-order valence-corrected chi connectivity index (χ3v) is 5.03. The molecule has 7 nitrogen and oxygen atoms in total. The summed E-state index contributed by atoms with van der Waals surface area (Å²) >= 11 is 0. The van der Waals surface area contributed by atoms with E-state index in [9.17, 15) is 4.79 Å². The molecule has 2 heterocycles. The smallest absolute Gasteiger partial charge is 0.255 e. The number of ether oxygens (including phenoxy) is 3. The Kier molecular flexibility index (Phi) is 5.75. The Morgan fingerprint density at radius 1 is 0.968 bits per heavy atom. The summed E-state index contributed by atoms with van der Waals surface area (Å²) < 4.78 is 18.2. The van der Waals surface area contributed by atoms with E-state index in [2.05, 4.69) is 10.3 Å². The van der Waals surface area contributed by atoms with Crippen molar-refractivity contribution in [2.45, 2.75) is 6.54 Å². The van der Waals surface area contributed by atoms with Crippen LogP contribution in [0.4, 0.5) is 0 Å². The second-order valence-electron chi connectivity index (χ2n) is 6.88. The lowest BCUT2D eigenvalue weighted by Crippen LogP contribution is -2.23. The van der Waals surface area contributed by atoms with Crippen LogP contribution in [-0.2, 0) is 6.54 Å². The van der Waals surface area contributed by atoms with Crippen molar-refractivity contribution in [3.8, 4) is 28.4 Å². The molecule has 0 aliphatic carbocycles. The number of aromatic nitrogens is 2. The second kappa shape index (κ2) is 8.79. The molecule has 1 amide bonds. The number of methoxy groups -OCH3 is 3. The zero-order valence-corrected chi connectivity index (χ0v) is 17.6. The highest BCUT2D eigenvalue weighted by Gasteiger charge is 2.18. The van der Waals surface area contributed by atoms with Crippen molar-refractivity contribution in [2.24, 2.45) is 0 Å². The van der Waals surface area contributed by atoms with Gasteiger partial charge in [-0.1, -0.05) is 30.3 Å². The first kappa shape index (κ1) is 20.3. The fraction of sp³-hybridized carbons (Fsp3) is 0.167. The number of amides is 1. The molecule has 4 rings (SSSR count). The highest BCUT2D eigenvalue weighted by atomic mass is 16.5. The highest BCUT2D eigenvalue weighted by molar-refractivity contribution is 6.01. The maximum Gasteiger partial charge on any atom is 0.255 e. The van der Waals surface area contributed by atoms with Gasteiger partial charge in [0, 0.05) is 25.1 Å². The summed E-state index contributed by atoms with van der Waals surface area (Å²) in [6.45, 7) is 0.431. The Hall–Kier alpha value is -4.00. The monoisotopic (exact) mass is 417 g/mol. The zero-order valence-electron chi connectivity index (χ0n) is 17.6. The highest BCUT2D eigenvalue weighted by Crippen LogP contribution is 2.41. The summed E-state index contributed by atoms with van der Waals surface area (Å²) in [6, 6.07) is 15.3. The van der Waals surface area contributed by atoms with Gasteiger partial charge in [0.05, 0.1) is 26.9 Å². The fourth-order valence-corrected chi connectivity index (χ4v) is 3.48. The van der Waals surface area contributed by atoms with E-state index in [0.717, 1.165) is 16.7 Å². The van der Waals surface area contributed by atoms with Crippen LogP contribution in [0.3, 0.4) is 0 Å². The van der Waals surface area contributed by atoms with E-state index in [1.807, 2.05) is 65.3 Å². The molecular weight excluding hydrogens is 394 g/mol. The Labute approximate surface area is 180 Å². The van der Waals surface area contributed by atoms with Crippen molar-refractivity contribution in [3.63, 3.8) is 0 Å². The Bertz CT molecular complexity index is 1190. The average molecular weight is 417 g/mol. The number of nitrogens with zero attached hydrogens (tertiary/aromatic N) is 2. The van der Waals surface area contributed by atoms with Gasteiger partial charge in [-0.15, -0.1) is 0 Å². The molecule has 0 spiro atoms. The molecule has 0 saturated heterocycles. The van der Waals surface area contributed by atoms with Gasteiger partial charge < -0.3 is 23.9 Å². The summed E-state index contributed by atoms with van der Waals surface area (Å²) in [6.07, 6.45) is 5.39. The third-order valence-electron chi connectivity index (χ3n) is 5.03. The Morgan fingerprint density at radius 2 is 1.68 bits per heavy atom. The summed E-state index contributed by atoms with van der Waals surface area (Å²) in [5, 5.41) is 2.98. The minimum atomic E-state index is -0.200. The molecular formula is C24H23N3O4. The number of carbonyl (C=O) groups is 1. The van der Waals surface area contributed by atoms with Gasteiger partial charge in [-0.2, -0.15) is 0 Å². The third kappa shape index (κ3) is 4.02. The first-order valence-corrected chi connectivity index (χ1v) is 9.73. The van der Waals surface area contributed by atoms with E-state index < -0.39 is 0 Å². The predicted octanol–water partition coefficient (Wildman–Crippen LogP) is 3.96. The summed E-state index contributed by atoms with van der Waals surface area (Å²) in [7, 11) is 4.71. The van der Waals surface area contributed by atoms with Crippen molar-refractivity contribution in [1.82, 2.24) is 14.7 Å². The lowest BCUT2D eigenvalue weighted by molar-refractivity contribution is 0.0952. The zero-order chi connectivity index (χ0) is 21.8. The van der Waals surface area contributed by atoms with Crippen LogP contribution in [0.1, 0.15) is 15.9 Å². The molecule has 0 atom stereocenters. The number of imidazole rings is 1.